The summed E-state index contributed by atoms with van der Waals surface area (Å²) < 4.78 is 22.0. The van der Waals surface area contributed by atoms with E-state index in [9.17, 15) is 4.39 Å². The first-order chi connectivity index (χ1) is 15.7. The first kappa shape index (κ1) is 20.1. The summed E-state index contributed by atoms with van der Waals surface area (Å²) in [4.78, 5) is 0. The molecule has 3 heteroatoms. The summed E-state index contributed by atoms with van der Waals surface area (Å²) in [5, 5.41) is 1.14. The normalized spacial score (nSPS) is 11.1. The lowest BCUT2D eigenvalue weighted by molar-refractivity contribution is 0.306. The van der Waals surface area contributed by atoms with Gasteiger partial charge >= 0.3 is 0 Å². The fourth-order valence-corrected chi connectivity index (χ4v) is 4.24. The number of aromatic nitrogens is 1. The van der Waals surface area contributed by atoms with Crippen molar-refractivity contribution in [1.29, 1.82) is 0 Å². The maximum absolute atomic E-state index is 13.6. The predicted octanol–water partition coefficient (Wildman–Crippen LogP) is 7.38. The van der Waals surface area contributed by atoms with Gasteiger partial charge < -0.3 is 9.30 Å². The lowest BCUT2D eigenvalue weighted by atomic mass is 10.1. The zero-order chi connectivity index (χ0) is 21.9. The molecule has 1 heterocycles. The van der Waals surface area contributed by atoms with Crippen LogP contribution in [0.5, 0.6) is 5.75 Å². The van der Waals surface area contributed by atoms with Gasteiger partial charge in [0.1, 0.15) is 18.2 Å². The van der Waals surface area contributed by atoms with Gasteiger partial charge in [-0.3, -0.25) is 0 Å². The SMILES string of the molecule is Cc1c(-c2ccc(F)cc2)n(Cc2ccccc2)c2ccc(OCc3ccccc3)cc12. The van der Waals surface area contributed by atoms with Gasteiger partial charge in [0.25, 0.3) is 0 Å². The van der Waals surface area contributed by atoms with E-state index in [-0.39, 0.29) is 5.82 Å². The highest BCUT2D eigenvalue weighted by Crippen LogP contribution is 2.36. The number of halogens is 1. The highest BCUT2D eigenvalue weighted by atomic mass is 19.1. The lowest BCUT2D eigenvalue weighted by Crippen LogP contribution is -2.02. The Hall–Kier alpha value is -3.85. The van der Waals surface area contributed by atoms with Gasteiger partial charge in [0, 0.05) is 17.4 Å². The smallest absolute Gasteiger partial charge is 0.123 e. The number of aryl methyl sites for hydroxylation is 1. The second-order valence-electron chi connectivity index (χ2n) is 8.01. The van der Waals surface area contributed by atoms with E-state index < -0.39 is 0 Å². The summed E-state index contributed by atoms with van der Waals surface area (Å²) in [5.41, 5.74) is 6.76. The fourth-order valence-electron chi connectivity index (χ4n) is 4.24. The summed E-state index contributed by atoms with van der Waals surface area (Å²) in [6.07, 6.45) is 0. The molecule has 0 saturated heterocycles. The molecule has 0 spiro atoms. The van der Waals surface area contributed by atoms with Crippen molar-refractivity contribution >= 4 is 10.9 Å². The molecular formula is C29H24FNO. The Kier molecular flexibility index (Phi) is 5.47. The molecule has 0 aliphatic carbocycles. The van der Waals surface area contributed by atoms with Gasteiger partial charge in [0.15, 0.2) is 0 Å². The molecule has 0 atom stereocenters. The quantitative estimate of drug-likeness (QED) is 0.279. The van der Waals surface area contributed by atoms with Crippen LogP contribution in [0.2, 0.25) is 0 Å². The molecule has 5 aromatic rings. The van der Waals surface area contributed by atoms with Crippen LogP contribution >= 0.6 is 0 Å². The highest BCUT2D eigenvalue weighted by molar-refractivity contribution is 5.92. The molecule has 5 rings (SSSR count). The van der Waals surface area contributed by atoms with Crippen molar-refractivity contribution in [3.63, 3.8) is 0 Å². The van der Waals surface area contributed by atoms with Gasteiger partial charge in [-0.15, -0.1) is 0 Å². The maximum Gasteiger partial charge on any atom is 0.123 e. The van der Waals surface area contributed by atoms with Crippen LogP contribution in [0.25, 0.3) is 22.2 Å². The van der Waals surface area contributed by atoms with Gasteiger partial charge in [-0.1, -0.05) is 60.7 Å². The molecule has 0 saturated carbocycles. The molecule has 0 aliphatic rings. The summed E-state index contributed by atoms with van der Waals surface area (Å²) in [7, 11) is 0. The molecule has 0 radical (unpaired) electrons. The average molecular weight is 422 g/mol. The minimum atomic E-state index is -0.228. The van der Waals surface area contributed by atoms with Crippen molar-refractivity contribution in [2.75, 3.05) is 0 Å². The van der Waals surface area contributed by atoms with E-state index in [4.69, 9.17) is 4.74 Å². The van der Waals surface area contributed by atoms with Crippen LogP contribution in [0, 0.1) is 12.7 Å². The molecular weight excluding hydrogens is 397 g/mol. The number of rotatable bonds is 6. The van der Waals surface area contributed by atoms with Crippen LogP contribution in [-0.2, 0) is 13.2 Å². The third-order valence-electron chi connectivity index (χ3n) is 5.84. The first-order valence-electron chi connectivity index (χ1n) is 10.8. The minimum Gasteiger partial charge on any atom is -0.489 e. The summed E-state index contributed by atoms with van der Waals surface area (Å²) >= 11 is 0. The van der Waals surface area contributed by atoms with Gasteiger partial charge in [-0.25, -0.2) is 4.39 Å². The third kappa shape index (κ3) is 4.02. The summed E-state index contributed by atoms with van der Waals surface area (Å²) in [6, 6.07) is 33.6. The number of hydrogen-bond acceptors (Lipinski definition) is 1. The first-order valence-corrected chi connectivity index (χ1v) is 10.8. The Morgan fingerprint density at radius 2 is 1.41 bits per heavy atom. The maximum atomic E-state index is 13.6. The summed E-state index contributed by atoms with van der Waals surface area (Å²) in [5.74, 6) is 0.612. The van der Waals surface area contributed by atoms with Crippen LogP contribution in [0.15, 0.2) is 103 Å². The number of fused-ring (bicyclic) bond motifs is 1. The predicted molar refractivity (Wildman–Crippen MR) is 128 cm³/mol. The van der Waals surface area contributed by atoms with E-state index in [0.29, 0.717) is 6.61 Å². The second kappa shape index (κ2) is 8.72. The number of ether oxygens (including phenoxy) is 1. The molecule has 32 heavy (non-hydrogen) atoms. The van der Waals surface area contributed by atoms with Crippen LogP contribution in [0.4, 0.5) is 4.39 Å². The average Bonchev–Trinajstić information content (AvgIpc) is 3.10. The molecule has 0 N–H and O–H groups in total. The van der Waals surface area contributed by atoms with Gasteiger partial charge in [-0.2, -0.15) is 0 Å². The topological polar surface area (TPSA) is 14.2 Å². The summed E-state index contributed by atoms with van der Waals surface area (Å²) in [6.45, 7) is 3.40. The van der Waals surface area contributed by atoms with E-state index >= 15 is 0 Å². The Balaban J connectivity index is 1.58. The standard InChI is InChI=1S/C29H24FNO/c1-21-27-18-26(32-20-23-10-6-3-7-11-23)16-17-28(27)31(19-22-8-4-2-5-9-22)29(21)24-12-14-25(30)15-13-24/h2-18H,19-20H2,1H3. The minimum absolute atomic E-state index is 0.228. The van der Waals surface area contributed by atoms with E-state index in [1.165, 1.54) is 17.7 Å². The number of nitrogens with zero attached hydrogens (tertiary/aromatic N) is 1. The van der Waals surface area contributed by atoms with E-state index in [1.54, 1.807) is 0 Å². The zero-order valence-electron chi connectivity index (χ0n) is 18.0. The number of benzene rings is 4. The molecule has 0 aliphatic heterocycles. The molecule has 0 fully saturated rings. The molecule has 0 unspecified atom stereocenters. The van der Waals surface area contributed by atoms with E-state index in [2.05, 4.69) is 60.0 Å². The van der Waals surface area contributed by atoms with Gasteiger partial charge in [0.05, 0.1) is 5.69 Å². The zero-order valence-corrected chi connectivity index (χ0v) is 18.0. The van der Waals surface area contributed by atoms with Gasteiger partial charge in [-0.05, 0) is 71.6 Å². The number of hydrogen-bond donors (Lipinski definition) is 0. The molecule has 4 aromatic carbocycles. The van der Waals surface area contributed by atoms with Crippen LogP contribution < -0.4 is 4.74 Å². The van der Waals surface area contributed by atoms with E-state index in [0.717, 1.165) is 45.6 Å². The molecule has 0 amide bonds. The Morgan fingerprint density at radius 3 is 2.09 bits per heavy atom. The van der Waals surface area contributed by atoms with Crippen LogP contribution in [0.1, 0.15) is 16.7 Å². The fraction of sp³-hybridized carbons (Fsp3) is 0.103. The van der Waals surface area contributed by atoms with Crippen molar-refractivity contribution in [2.45, 2.75) is 20.1 Å². The van der Waals surface area contributed by atoms with Crippen molar-refractivity contribution in [3.8, 4) is 17.0 Å². The molecule has 1 aromatic heterocycles. The van der Waals surface area contributed by atoms with Crippen molar-refractivity contribution in [3.05, 3.63) is 126 Å². The van der Waals surface area contributed by atoms with Gasteiger partial charge in [0.2, 0.25) is 0 Å². The Labute approximate surface area is 187 Å². The Morgan fingerprint density at radius 1 is 0.750 bits per heavy atom. The second-order valence-corrected chi connectivity index (χ2v) is 8.01. The van der Waals surface area contributed by atoms with Crippen molar-refractivity contribution < 1.29 is 9.13 Å². The van der Waals surface area contributed by atoms with Crippen molar-refractivity contribution in [2.24, 2.45) is 0 Å². The molecule has 158 valence electrons. The third-order valence-corrected chi connectivity index (χ3v) is 5.84. The van der Waals surface area contributed by atoms with Crippen LogP contribution in [-0.4, -0.2) is 4.57 Å². The molecule has 2 nitrogen and oxygen atoms in total. The van der Waals surface area contributed by atoms with E-state index in [1.807, 2.05) is 42.5 Å². The monoisotopic (exact) mass is 421 g/mol. The largest absolute Gasteiger partial charge is 0.489 e. The Bertz CT molecular complexity index is 1340. The molecule has 0 bridgehead atoms. The highest BCUT2D eigenvalue weighted by Gasteiger charge is 2.17. The van der Waals surface area contributed by atoms with Crippen LogP contribution in [0.3, 0.4) is 0 Å². The lowest BCUT2D eigenvalue weighted by Gasteiger charge is -2.12. The van der Waals surface area contributed by atoms with Crippen molar-refractivity contribution in [1.82, 2.24) is 4.57 Å².